The lowest BCUT2D eigenvalue weighted by Crippen LogP contribution is -2.24. The van der Waals surface area contributed by atoms with Crippen LogP contribution in [0.3, 0.4) is 0 Å². The lowest BCUT2D eigenvalue weighted by molar-refractivity contribution is -0.139. The van der Waals surface area contributed by atoms with E-state index in [9.17, 15) is 9.59 Å². The first-order chi connectivity index (χ1) is 9.02. The van der Waals surface area contributed by atoms with Crippen LogP contribution in [0.1, 0.15) is 13.8 Å². The van der Waals surface area contributed by atoms with E-state index in [0.717, 1.165) is 0 Å². The molecule has 0 aromatic carbocycles. The maximum atomic E-state index is 11.8. The first kappa shape index (κ1) is 15.8. The molecule has 0 unspecified atom stereocenters. The number of pyridine rings is 1. The Labute approximate surface area is 121 Å². The maximum Gasteiger partial charge on any atom is 0.315 e. The Morgan fingerprint density at radius 1 is 1.53 bits per heavy atom. The summed E-state index contributed by atoms with van der Waals surface area (Å²) in [5.74, 6) is 0.0371. The Morgan fingerprint density at radius 3 is 2.84 bits per heavy atom. The van der Waals surface area contributed by atoms with Gasteiger partial charge in [-0.1, -0.05) is 11.6 Å². The molecule has 0 bridgehead atoms. The zero-order valence-corrected chi connectivity index (χ0v) is 12.3. The quantitative estimate of drug-likeness (QED) is 0.817. The Bertz CT molecular complexity index is 439. The van der Waals surface area contributed by atoms with Gasteiger partial charge < -0.3 is 10.1 Å². The number of rotatable bonds is 6. The number of carbonyl (C=O) groups excluding carboxylic acids is 2. The van der Waals surface area contributed by atoms with Gasteiger partial charge in [0.15, 0.2) is 0 Å². The lowest BCUT2D eigenvalue weighted by atomic mass is 10.4. The number of aromatic nitrogens is 1. The molecule has 5 nitrogen and oxygen atoms in total. The number of anilines is 1. The van der Waals surface area contributed by atoms with Crippen LogP contribution < -0.4 is 5.32 Å². The van der Waals surface area contributed by atoms with Gasteiger partial charge in [0, 0.05) is 6.20 Å². The predicted molar refractivity (Wildman–Crippen MR) is 76.4 cm³/mol. The molecule has 19 heavy (non-hydrogen) atoms. The van der Waals surface area contributed by atoms with Crippen molar-refractivity contribution in [3.8, 4) is 0 Å². The fourth-order valence-electron chi connectivity index (χ4n) is 1.15. The van der Waals surface area contributed by atoms with Gasteiger partial charge in [-0.25, -0.2) is 4.98 Å². The number of ether oxygens (including phenoxy) is 1. The number of nitrogens with one attached hydrogen (secondary N) is 1. The SMILES string of the molecule is CCOC(=O)CS[C@@H](C)C(=O)Nc1ccc(Cl)cn1. The van der Waals surface area contributed by atoms with Crippen molar-refractivity contribution in [3.05, 3.63) is 23.4 Å². The summed E-state index contributed by atoms with van der Waals surface area (Å²) in [7, 11) is 0. The molecule has 1 aromatic rings. The summed E-state index contributed by atoms with van der Waals surface area (Å²) in [5, 5.41) is 2.77. The number of nitrogens with zero attached hydrogens (tertiary/aromatic N) is 1. The monoisotopic (exact) mass is 302 g/mol. The maximum absolute atomic E-state index is 11.8. The number of esters is 1. The van der Waals surface area contributed by atoms with Gasteiger partial charge in [0.1, 0.15) is 5.82 Å². The number of amides is 1. The van der Waals surface area contributed by atoms with E-state index in [1.165, 1.54) is 18.0 Å². The Morgan fingerprint density at radius 2 is 2.26 bits per heavy atom. The molecular weight excluding hydrogens is 288 g/mol. The summed E-state index contributed by atoms with van der Waals surface area (Å²) < 4.78 is 4.78. The third-order valence-electron chi connectivity index (χ3n) is 2.10. The number of carbonyl (C=O) groups is 2. The molecule has 0 aliphatic carbocycles. The Kier molecular flexibility index (Phi) is 6.66. The molecule has 0 saturated carbocycles. The summed E-state index contributed by atoms with van der Waals surface area (Å²) in [5.41, 5.74) is 0. The molecule has 0 spiro atoms. The van der Waals surface area contributed by atoms with Crippen LogP contribution >= 0.6 is 23.4 Å². The molecule has 0 saturated heterocycles. The van der Waals surface area contributed by atoms with E-state index in [2.05, 4.69) is 10.3 Å². The zero-order chi connectivity index (χ0) is 14.3. The molecule has 0 aliphatic rings. The molecule has 1 aromatic heterocycles. The minimum absolute atomic E-state index is 0.149. The third kappa shape index (κ3) is 5.94. The highest BCUT2D eigenvalue weighted by Gasteiger charge is 2.16. The number of hydrogen-bond acceptors (Lipinski definition) is 5. The molecule has 1 atom stereocenters. The van der Waals surface area contributed by atoms with E-state index in [-0.39, 0.29) is 22.9 Å². The molecule has 1 heterocycles. The molecular formula is C12H15ClN2O3S. The summed E-state index contributed by atoms with van der Waals surface area (Å²) in [6, 6.07) is 3.25. The average molecular weight is 303 g/mol. The molecule has 1 N–H and O–H groups in total. The lowest BCUT2D eigenvalue weighted by Gasteiger charge is -2.11. The van der Waals surface area contributed by atoms with Crippen LogP contribution in [0.4, 0.5) is 5.82 Å². The summed E-state index contributed by atoms with van der Waals surface area (Å²) >= 11 is 6.91. The fraction of sp³-hybridized carbons (Fsp3) is 0.417. The highest BCUT2D eigenvalue weighted by molar-refractivity contribution is 8.01. The van der Waals surface area contributed by atoms with Gasteiger partial charge in [0.2, 0.25) is 5.91 Å². The van der Waals surface area contributed by atoms with E-state index in [4.69, 9.17) is 16.3 Å². The van der Waals surface area contributed by atoms with Crippen molar-refractivity contribution in [2.45, 2.75) is 19.1 Å². The van der Waals surface area contributed by atoms with Crippen molar-refractivity contribution >= 4 is 41.1 Å². The van der Waals surface area contributed by atoms with Gasteiger partial charge >= 0.3 is 5.97 Å². The van der Waals surface area contributed by atoms with E-state index in [0.29, 0.717) is 17.4 Å². The smallest absolute Gasteiger partial charge is 0.315 e. The number of hydrogen-bond donors (Lipinski definition) is 1. The highest BCUT2D eigenvalue weighted by atomic mass is 35.5. The van der Waals surface area contributed by atoms with Crippen molar-refractivity contribution in [2.75, 3.05) is 17.7 Å². The van der Waals surface area contributed by atoms with Gasteiger partial charge in [-0.3, -0.25) is 9.59 Å². The van der Waals surface area contributed by atoms with Gasteiger partial charge in [-0.2, -0.15) is 0 Å². The van der Waals surface area contributed by atoms with Gasteiger partial charge in [-0.05, 0) is 26.0 Å². The fourth-order valence-corrected chi connectivity index (χ4v) is 1.94. The standard InChI is InChI=1S/C12H15ClN2O3S/c1-3-18-11(16)7-19-8(2)12(17)15-10-5-4-9(13)6-14-10/h4-6,8H,3,7H2,1-2H3,(H,14,15,17)/t8-/m0/s1. The van der Waals surface area contributed by atoms with Crippen LogP contribution in [0.15, 0.2) is 18.3 Å². The highest BCUT2D eigenvalue weighted by Crippen LogP contribution is 2.14. The molecule has 104 valence electrons. The van der Waals surface area contributed by atoms with Crippen LogP contribution in [-0.4, -0.2) is 34.5 Å². The normalized spacial score (nSPS) is 11.7. The van der Waals surface area contributed by atoms with Crippen LogP contribution in [0.5, 0.6) is 0 Å². The molecule has 1 amide bonds. The largest absolute Gasteiger partial charge is 0.465 e. The summed E-state index contributed by atoms with van der Waals surface area (Å²) in [4.78, 5) is 26.9. The first-order valence-corrected chi connectivity index (χ1v) is 7.15. The van der Waals surface area contributed by atoms with Crippen LogP contribution in [0.2, 0.25) is 5.02 Å². The second kappa shape index (κ2) is 8.01. The first-order valence-electron chi connectivity index (χ1n) is 5.72. The van der Waals surface area contributed by atoms with E-state index in [1.54, 1.807) is 26.0 Å². The minimum Gasteiger partial charge on any atom is -0.465 e. The Hall–Kier alpha value is -1.27. The summed E-state index contributed by atoms with van der Waals surface area (Å²) in [6.07, 6.45) is 1.45. The molecule has 0 fully saturated rings. The van der Waals surface area contributed by atoms with Crippen molar-refractivity contribution in [1.29, 1.82) is 0 Å². The van der Waals surface area contributed by atoms with Crippen molar-refractivity contribution in [3.63, 3.8) is 0 Å². The topological polar surface area (TPSA) is 68.3 Å². The van der Waals surface area contributed by atoms with E-state index in [1.807, 2.05) is 0 Å². The van der Waals surface area contributed by atoms with Crippen molar-refractivity contribution < 1.29 is 14.3 Å². The van der Waals surface area contributed by atoms with Crippen molar-refractivity contribution in [2.24, 2.45) is 0 Å². The summed E-state index contributed by atoms with van der Waals surface area (Å²) in [6.45, 7) is 3.80. The molecule has 7 heteroatoms. The van der Waals surface area contributed by atoms with E-state index >= 15 is 0 Å². The van der Waals surface area contributed by atoms with E-state index < -0.39 is 0 Å². The number of halogens is 1. The van der Waals surface area contributed by atoms with Crippen LogP contribution in [0, 0.1) is 0 Å². The van der Waals surface area contributed by atoms with Crippen molar-refractivity contribution in [1.82, 2.24) is 4.98 Å². The predicted octanol–water partition coefficient (Wildman–Crippen LogP) is 2.36. The average Bonchev–Trinajstić information content (AvgIpc) is 2.39. The second-order valence-corrected chi connectivity index (χ2v) is 5.37. The molecule has 0 aliphatic heterocycles. The van der Waals surface area contributed by atoms with Gasteiger partial charge in [0.25, 0.3) is 0 Å². The second-order valence-electron chi connectivity index (χ2n) is 3.61. The van der Waals surface area contributed by atoms with Crippen LogP contribution in [0.25, 0.3) is 0 Å². The van der Waals surface area contributed by atoms with Crippen LogP contribution in [-0.2, 0) is 14.3 Å². The molecule has 0 radical (unpaired) electrons. The number of thioether (sulfide) groups is 1. The minimum atomic E-state index is -0.373. The third-order valence-corrected chi connectivity index (χ3v) is 3.44. The van der Waals surface area contributed by atoms with Gasteiger partial charge in [0.05, 0.1) is 22.6 Å². The zero-order valence-electron chi connectivity index (χ0n) is 10.7. The van der Waals surface area contributed by atoms with Gasteiger partial charge in [-0.15, -0.1) is 11.8 Å². The Balaban J connectivity index is 2.40. The molecule has 1 rings (SSSR count).